The largest absolute Gasteiger partial charge is 0.387 e. The van der Waals surface area contributed by atoms with Gasteiger partial charge in [-0.25, -0.2) is 9.97 Å². The van der Waals surface area contributed by atoms with Crippen LogP contribution in [-0.2, 0) is 0 Å². The number of aliphatic hydroxyl groups excluding tert-OH is 1. The van der Waals surface area contributed by atoms with E-state index in [1.807, 2.05) is 32.9 Å². The molecule has 0 radical (unpaired) electrons. The van der Waals surface area contributed by atoms with Crippen LogP contribution in [0.1, 0.15) is 35.7 Å². The van der Waals surface area contributed by atoms with Crippen molar-refractivity contribution in [3.8, 4) is 0 Å². The number of nitrogens with zero attached hydrogens (tertiary/aromatic N) is 3. The predicted octanol–water partition coefficient (Wildman–Crippen LogP) is 3.00. The maximum atomic E-state index is 9.41. The summed E-state index contributed by atoms with van der Waals surface area (Å²) in [5, 5.41) is 10.1. The lowest BCUT2D eigenvalue weighted by Gasteiger charge is -2.07. The van der Waals surface area contributed by atoms with Crippen LogP contribution in [0.5, 0.6) is 0 Å². The smallest absolute Gasteiger partial charge is 0.192 e. The Hall–Kier alpha value is -1.46. The van der Waals surface area contributed by atoms with Gasteiger partial charge in [0.05, 0.1) is 11.8 Å². The van der Waals surface area contributed by atoms with E-state index in [-0.39, 0.29) is 0 Å². The minimum absolute atomic E-state index is 0.542. The van der Waals surface area contributed by atoms with Crippen LogP contribution in [0.2, 0.25) is 0 Å². The molecule has 0 fully saturated rings. The fourth-order valence-corrected chi connectivity index (χ4v) is 2.41. The third-order valence-electron chi connectivity index (χ3n) is 3.01. The van der Waals surface area contributed by atoms with Gasteiger partial charge in [0.2, 0.25) is 0 Å². The molecule has 0 bridgehead atoms. The lowest BCUT2D eigenvalue weighted by molar-refractivity contribution is 0.194. The Morgan fingerprint density at radius 3 is 2.21 bits per heavy atom. The van der Waals surface area contributed by atoms with Gasteiger partial charge in [-0.15, -0.1) is 0 Å². The van der Waals surface area contributed by atoms with Crippen LogP contribution in [0.25, 0.3) is 0 Å². The SMILES string of the molecule is Cc1nc(Sc2ccc([C@@H](C)O)nc2)nc(C)c1C. The molecule has 0 spiro atoms. The van der Waals surface area contributed by atoms with Gasteiger partial charge in [-0.3, -0.25) is 4.98 Å². The first-order valence-corrected chi connectivity index (χ1v) is 6.92. The normalized spacial score (nSPS) is 12.5. The van der Waals surface area contributed by atoms with Crippen molar-refractivity contribution in [1.82, 2.24) is 15.0 Å². The Balaban J connectivity index is 2.21. The molecule has 4 nitrogen and oxygen atoms in total. The zero-order valence-electron chi connectivity index (χ0n) is 11.5. The molecule has 19 heavy (non-hydrogen) atoms. The Labute approximate surface area is 117 Å². The summed E-state index contributed by atoms with van der Waals surface area (Å²) in [7, 11) is 0. The van der Waals surface area contributed by atoms with E-state index in [4.69, 9.17) is 0 Å². The van der Waals surface area contributed by atoms with Crippen LogP contribution in [0.4, 0.5) is 0 Å². The molecule has 0 aromatic carbocycles. The van der Waals surface area contributed by atoms with E-state index < -0.39 is 6.10 Å². The third kappa shape index (κ3) is 3.30. The lowest BCUT2D eigenvalue weighted by atomic mass is 10.2. The van der Waals surface area contributed by atoms with Gasteiger partial charge in [-0.05, 0) is 57.2 Å². The van der Waals surface area contributed by atoms with E-state index in [0.29, 0.717) is 5.69 Å². The molecule has 2 heterocycles. The minimum Gasteiger partial charge on any atom is -0.387 e. The average molecular weight is 275 g/mol. The molecule has 0 aliphatic rings. The second kappa shape index (κ2) is 5.67. The summed E-state index contributed by atoms with van der Waals surface area (Å²) >= 11 is 1.48. The summed E-state index contributed by atoms with van der Waals surface area (Å²) in [6.07, 6.45) is 1.19. The number of hydrogen-bond acceptors (Lipinski definition) is 5. The number of aromatic nitrogens is 3. The molecule has 1 N–H and O–H groups in total. The van der Waals surface area contributed by atoms with Gasteiger partial charge in [0.25, 0.3) is 0 Å². The fourth-order valence-electron chi connectivity index (χ4n) is 1.59. The van der Waals surface area contributed by atoms with Gasteiger partial charge in [-0.1, -0.05) is 0 Å². The Morgan fingerprint density at radius 1 is 1.11 bits per heavy atom. The molecule has 2 aromatic rings. The van der Waals surface area contributed by atoms with Crippen LogP contribution in [0.15, 0.2) is 28.4 Å². The third-order valence-corrected chi connectivity index (χ3v) is 3.85. The van der Waals surface area contributed by atoms with E-state index in [1.165, 1.54) is 11.8 Å². The highest BCUT2D eigenvalue weighted by molar-refractivity contribution is 7.99. The number of aliphatic hydroxyl groups is 1. The van der Waals surface area contributed by atoms with E-state index >= 15 is 0 Å². The number of aryl methyl sites for hydroxylation is 2. The molecule has 5 heteroatoms. The zero-order valence-corrected chi connectivity index (χ0v) is 12.3. The summed E-state index contributed by atoms with van der Waals surface area (Å²) < 4.78 is 0. The second-order valence-electron chi connectivity index (χ2n) is 4.50. The van der Waals surface area contributed by atoms with Crippen molar-refractivity contribution in [1.29, 1.82) is 0 Å². The monoisotopic (exact) mass is 275 g/mol. The summed E-state index contributed by atoms with van der Waals surface area (Å²) in [5.41, 5.74) is 3.81. The average Bonchev–Trinajstić information content (AvgIpc) is 2.36. The van der Waals surface area contributed by atoms with Crippen molar-refractivity contribution < 1.29 is 5.11 Å². The van der Waals surface area contributed by atoms with Crippen molar-refractivity contribution in [3.63, 3.8) is 0 Å². The van der Waals surface area contributed by atoms with Crippen molar-refractivity contribution in [2.24, 2.45) is 0 Å². The maximum absolute atomic E-state index is 9.41. The second-order valence-corrected chi connectivity index (χ2v) is 5.54. The van der Waals surface area contributed by atoms with Gasteiger partial charge in [0, 0.05) is 22.5 Å². The van der Waals surface area contributed by atoms with Crippen LogP contribution in [-0.4, -0.2) is 20.1 Å². The first-order valence-electron chi connectivity index (χ1n) is 6.11. The van der Waals surface area contributed by atoms with E-state index in [0.717, 1.165) is 27.0 Å². The van der Waals surface area contributed by atoms with Crippen molar-refractivity contribution >= 4 is 11.8 Å². The quantitative estimate of drug-likeness (QED) is 0.873. The van der Waals surface area contributed by atoms with E-state index in [9.17, 15) is 5.11 Å². The molecule has 1 atom stereocenters. The first-order chi connectivity index (χ1) is 8.97. The lowest BCUT2D eigenvalue weighted by Crippen LogP contribution is -1.98. The maximum Gasteiger partial charge on any atom is 0.192 e. The van der Waals surface area contributed by atoms with Gasteiger partial charge in [-0.2, -0.15) is 0 Å². The molecule has 2 rings (SSSR count). The molecule has 0 aliphatic carbocycles. The first kappa shape index (κ1) is 14.0. The molecule has 0 saturated carbocycles. The summed E-state index contributed by atoms with van der Waals surface area (Å²) in [6, 6.07) is 3.74. The summed E-state index contributed by atoms with van der Waals surface area (Å²) in [6.45, 7) is 7.70. The Morgan fingerprint density at radius 2 is 1.74 bits per heavy atom. The van der Waals surface area contributed by atoms with Gasteiger partial charge in [0.15, 0.2) is 5.16 Å². The minimum atomic E-state index is -0.542. The van der Waals surface area contributed by atoms with Crippen LogP contribution < -0.4 is 0 Å². The fraction of sp³-hybridized carbons (Fsp3) is 0.357. The molecule has 0 amide bonds. The number of hydrogen-bond donors (Lipinski definition) is 1. The molecule has 0 saturated heterocycles. The molecule has 2 aromatic heterocycles. The van der Waals surface area contributed by atoms with Crippen LogP contribution in [0, 0.1) is 20.8 Å². The van der Waals surface area contributed by atoms with Crippen molar-refractivity contribution in [3.05, 3.63) is 41.0 Å². The highest BCUT2D eigenvalue weighted by Crippen LogP contribution is 2.26. The molecule has 100 valence electrons. The van der Waals surface area contributed by atoms with Crippen LogP contribution in [0.3, 0.4) is 0 Å². The van der Waals surface area contributed by atoms with Gasteiger partial charge < -0.3 is 5.11 Å². The van der Waals surface area contributed by atoms with Crippen molar-refractivity contribution in [2.75, 3.05) is 0 Å². The highest BCUT2D eigenvalue weighted by atomic mass is 32.2. The van der Waals surface area contributed by atoms with Crippen molar-refractivity contribution in [2.45, 2.75) is 43.9 Å². The number of rotatable bonds is 3. The molecule has 0 unspecified atom stereocenters. The zero-order chi connectivity index (χ0) is 14.0. The molecular weight excluding hydrogens is 258 g/mol. The van der Waals surface area contributed by atoms with Gasteiger partial charge >= 0.3 is 0 Å². The number of pyridine rings is 1. The summed E-state index contributed by atoms with van der Waals surface area (Å²) in [4.78, 5) is 14.1. The Kier molecular flexibility index (Phi) is 4.17. The topological polar surface area (TPSA) is 58.9 Å². The molecule has 0 aliphatic heterocycles. The summed E-state index contributed by atoms with van der Waals surface area (Å²) in [5.74, 6) is 0. The standard InChI is InChI=1S/C14H17N3OS/c1-8-9(2)16-14(17-10(8)3)19-12-5-6-13(11(4)18)15-7-12/h5-7,11,18H,1-4H3/t11-/m1/s1. The predicted molar refractivity (Wildman–Crippen MR) is 75.2 cm³/mol. The Bertz CT molecular complexity index is 559. The van der Waals surface area contributed by atoms with Gasteiger partial charge in [0.1, 0.15) is 0 Å². The molecular formula is C14H17N3OS. The van der Waals surface area contributed by atoms with E-state index in [2.05, 4.69) is 15.0 Å². The van der Waals surface area contributed by atoms with E-state index in [1.54, 1.807) is 13.1 Å². The van der Waals surface area contributed by atoms with Crippen LogP contribution >= 0.6 is 11.8 Å². The highest BCUT2D eigenvalue weighted by Gasteiger charge is 2.07.